The maximum Gasteiger partial charge on any atom is 0.158 e. The molecule has 0 aromatic carbocycles. The number of fused-ring (bicyclic) bond motifs is 4. The van der Waals surface area contributed by atoms with E-state index < -0.39 is 0 Å². The zero-order valence-electron chi connectivity index (χ0n) is 15.0. The Morgan fingerprint density at radius 1 is 1.21 bits per heavy atom. The van der Waals surface area contributed by atoms with Gasteiger partial charge in [-0.25, -0.2) is 0 Å². The molecule has 1 heterocycles. The Morgan fingerprint density at radius 2 is 2.00 bits per heavy atom. The van der Waals surface area contributed by atoms with Crippen LogP contribution >= 0.6 is 0 Å². The Hall–Kier alpha value is -0.960. The van der Waals surface area contributed by atoms with Crippen molar-refractivity contribution < 1.29 is 14.3 Å². The van der Waals surface area contributed by atoms with E-state index in [-0.39, 0.29) is 34.2 Å². The summed E-state index contributed by atoms with van der Waals surface area (Å²) in [4.78, 5) is 24.2. The maximum atomic E-state index is 12.2. The van der Waals surface area contributed by atoms with Crippen LogP contribution in [-0.2, 0) is 14.3 Å². The smallest absolute Gasteiger partial charge is 0.158 e. The highest BCUT2D eigenvalue weighted by molar-refractivity contribution is 5.92. The second-order valence-electron chi connectivity index (χ2n) is 9.65. The van der Waals surface area contributed by atoms with Gasteiger partial charge in [0.15, 0.2) is 5.78 Å². The van der Waals surface area contributed by atoms with Crippen molar-refractivity contribution in [2.24, 2.45) is 34.5 Å². The van der Waals surface area contributed by atoms with Crippen LogP contribution in [0.1, 0.15) is 59.3 Å². The van der Waals surface area contributed by atoms with Crippen molar-refractivity contribution in [1.29, 1.82) is 0 Å². The van der Waals surface area contributed by atoms with Crippen molar-refractivity contribution in [3.05, 3.63) is 12.2 Å². The molecule has 4 fully saturated rings. The average molecular weight is 328 g/mol. The zero-order chi connectivity index (χ0) is 16.9. The van der Waals surface area contributed by atoms with Crippen molar-refractivity contribution in [2.45, 2.75) is 71.0 Å². The van der Waals surface area contributed by atoms with Crippen LogP contribution in [0.15, 0.2) is 12.2 Å². The molecule has 1 aliphatic heterocycles. The molecule has 8 atom stereocenters. The molecule has 0 amide bonds. The fraction of sp³-hybridized carbons (Fsp3) is 0.810. The molecular formula is C21H28O3. The fourth-order valence-corrected chi connectivity index (χ4v) is 7.72. The van der Waals surface area contributed by atoms with Crippen LogP contribution in [0.25, 0.3) is 0 Å². The van der Waals surface area contributed by atoms with E-state index in [0.29, 0.717) is 30.0 Å². The molecule has 0 bridgehead atoms. The number of epoxide rings is 1. The number of carbonyl (C=O) groups is 2. The van der Waals surface area contributed by atoms with Crippen LogP contribution in [0.3, 0.4) is 0 Å². The highest BCUT2D eigenvalue weighted by atomic mass is 16.6. The van der Waals surface area contributed by atoms with Gasteiger partial charge in [0, 0.05) is 17.8 Å². The van der Waals surface area contributed by atoms with Gasteiger partial charge in [-0.05, 0) is 68.3 Å². The van der Waals surface area contributed by atoms with Crippen LogP contribution in [0.2, 0.25) is 0 Å². The van der Waals surface area contributed by atoms with Gasteiger partial charge in [0.05, 0.1) is 6.10 Å². The molecule has 0 aromatic heterocycles. The van der Waals surface area contributed by atoms with Gasteiger partial charge in [-0.2, -0.15) is 0 Å². The largest absolute Gasteiger partial charge is 0.365 e. The summed E-state index contributed by atoms with van der Waals surface area (Å²) in [5.74, 6) is 2.77. The highest BCUT2D eigenvalue weighted by Crippen LogP contribution is 2.72. The SMILES string of the molecule is CC(=O)[C@H]1CC[C@H]2[C@@H]3CC4OC45CC(=O)C=C[C@]5(C)[C@H]3CC[C@]12C. The number of ether oxygens (including phenoxy) is 1. The lowest BCUT2D eigenvalue weighted by Gasteiger charge is -2.57. The molecule has 3 nitrogen and oxygen atoms in total. The van der Waals surface area contributed by atoms with Gasteiger partial charge >= 0.3 is 0 Å². The van der Waals surface area contributed by atoms with E-state index in [1.165, 1.54) is 12.8 Å². The predicted octanol–water partition coefficient (Wildman–Crippen LogP) is 3.71. The zero-order valence-corrected chi connectivity index (χ0v) is 15.0. The Kier molecular flexibility index (Phi) is 2.81. The minimum Gasteiger partial charge on any atom is -0.365 e. The van der Waals surface area contributed by atoms with Crippen molar-refractivity contribution in [3.8, 4) is 0 Å². The first-order valence-corrected chi connectivity index (χ1v) is 9.72. The average Bonchev–Trinajstić information content (AvgIpc) is 3.08. The molecule has 1 spiro atoms. The van der Waals surface area contributed by atoms with Gasteiger partial charge in [-0.1, -0.05) is 19.9 Å². The predicted molar refractivity (Wildman–Crippen MR) is 90.3 cm³/mol. The molecule has 130 valence electrons. The molecule has 0 N–H and O–H groups in total. The first kappa shape index (κ1) is 15.3. The molecule has 5 aliphatic rings. The Bertz CT molecular complexity index is 666. The molecule has 5 rings (SSSR count). The van der Waals surface area contributed by atoms with Gasteiger partial charge in [0.1, 0.15) is 11.4 Å². The molecular weight excluding hydrogens is 300 g/mol. The first-order chi connectivity index (χ1) is 11.3. The van der Waals surface area contributed by atoms with Gasteiger partial charge in [0.2, 0.25) is 0 Å². The van der Waals surface area contributed by atoms with Crippen molar-refractivity contribution in [2.75, 3.05) is 0 Å². The first-order valence-electron chi connectivity index (χ1n) is 9.72. The van der Waals surface area contributed by atoms with Crippen molar-refractivity contribution >= 4 is 11.6 Å². The molecule has 0 radical (unpaired) electrons. The van der Waals surface area contributed by atoms with Crippen molar-refractivity contribution in [3.63, 3.8) is 0 Å². The van der Waals surface area contributed by atoms with E-state index >= 15 is 0 Å². The minimum atomic E-state index is -0.202. The number of hydrogen-bond donors (Lipinski definition) is 0. The minimum absolute atomic E-state index is 0.00410. The number of ketones is 2. The molecule has 4 aliphatic carbocycles. The summed E-state index contributed by atoms with van der Waals surface area (Å²) < 4.78 is 6.25. The van der Waals surface area contributed by atoms with Crippen LogP contribution in [0.5, 0.6) is 0 Å². The fourth-order valence-electron chi connectivity index (χ4n) is 7.72. The van der Waals surface area contributed by atoms with E-state index in [1.807, 2.05) is 6.08 Å². The normalized spacial score (nSPS) is 57.6. The topological polar surface area (TPSA) is 46.7 Å². The van der Waals surface area contributed by atoms with Crippen LogP contribution in [0, 0.1) is 34.5 Å². The standard InChI is InChI=1S/C21H28O3/c1-12(22)15-4-5-16-14-10-18-21(24-18)11-13(23)6-9-20(21,3)17(14)7-8-19(15,16)2/h6,9,14-18H,4-5,7-8,10-11H2,1-3H3/t14-,15+,16-,17-,18?,19+,20+,21?/m0/s1. The molecule has 1 saturated heterocycles. The summed E-state index contributed by atoms with van der Waals surface area (Å²) in [6.07, 6.45) is 10.5. The van der Waals surface area contributed by atoms with Crippen LogP contribution < -0.4 is 0 Å². The maximum absolute atomic E-state index is 12.2. The van der Waals surface area contributed by atoms with Gasteiger partial charge in [0.25, 0.3) is 0 Å². The Morgan fingerprint density at radius 3 is 2.75 bits per heavy atom. The van der Waals surface area contributed by atoms with E-state index in [0.717, 1.165) is 19.3 Å². The van der Waals surface area contributed by atoms with E-state index in [4.69, 9.17) is 4.74 Å². The molecule has 2 unspecified atom stereocenters. The second-order valence-corrected chi connectivity index (χ2v) is 9.65. The van der Waals surface area contributed by atoms with Gasteiger partial charge in [-0.3, -0.25) is 9.59 Å². The van der Waals surface area contributed by atoms with Gasteiger partial charge in [-0.15, -0.1) is 0 Å². The molecule has 24 heavy (non-hydrogen) atoms. The summed E-state index contributed by atoms with van der Waals surface area (Å²) in [5, 5.41) is 0. The summed E-state index contributed by atoms with van der Waals surface area (Å²) >= 11 is 0. The third kappa shape index (κ3) is 1.58. The summed E-state index contributed by atoms with van der Waals surface area (Å²) in [6.45, 7) is 6.51. The number of carbonyl (C=O) groups excluding carboxylic acids is 2. The Labute approximate surface area is 144 Å². The third-order valence-electron chi connectivity index (χ3n) is 8.96. The highest BCUT2D eigenvalue weighted by Gasteiger charge is 2.75. The monoisotopic (exact) mass is 328 g/mol. The van der Waals surface area contributed by atoms with E-state index in [2.05, 4.69) is 19.9 Å². The van der Waals surface area contributed by atoms with Crippen LogP contribution in [-0.4, -0.2) is 23.3 Å². The summed E-state index contributed by atoms with van der Waals surface area (Å²) in [7, 11) is 0. The number of Topliss-reactive ketones (excluding diaryl/α,β-unsaturated/α-hetero) is 1. The number of hydrogen-bond acceptors (Lipinski definition) is 3. The van der Waals surface area contributed by atoms with Crippen LogP contribution in [0.4, 0.5) is 0 Å². The molecule has 3 saturated carbocycles. The lowest BCUT2D eigenvalue weighted by atomic mass is 9.45. The second kappa shape index (κ2) is 4.41. The van der Waals surface area contributed by atoms with E-state index in [1.54, 1.807) is 6.92 Å². The third-order valence-corrected chi connectivity index (χ3v) is 8.96. The lowest BCUT2D eigenvalue weighted by Crippen LogP contribution is -2.56. The number of rotatable bonds is 1. The Balaban J connectivity index is 1.53. The quantitative estimate of drug-likeness (QED) is 0.689. The summed E-state index contributed by atoms with van der Waals surface area (Å²) in [5.41, 5.74) is -0.0110. The molecule has 0 aromatic rings. The number of allylic oxidation sites excluding steroid dienone is 1. The molecule has 3 heteroatoms. The van der Waals surface area contributed by atoms with E-state index in [9.17, 15) is 9.59 Å². The summed E-state index contributed by atoms with van der Waals surface area (Å²) in [6, 6.07) is 0. The van der Waals surface area contributed by atoms with Gasteiger partial charge < -0.3 is 4.74 Å². The lowest BCUT2D eigenvalue weighted by molar-refractivity contribution is -0.129. The van der Waals surface area contributed by atoms with Crippen molar-refractivity contribution in [1.82, 2.24) is 0 Å².